The number of hydrogen-bond acceptors (Lipinski definition) is 4. The standard InChI is InChI=1S/C20H25NO4/c1-12-14-7-5-6-8-15(14)25-19(23)16(12)18(22)21-11-13-9-10-24-17(13)20(2,3)4/h5-8,13,17H,9-11H2,1-4H3,(H,21,22)/t13-,17-/m1/s1. The van der Waals surface area contributed by atoms with Gasteiger partial charge in [0, 0.05) is 24.5 Å². The average Bonchev–Trinajstić information content (AvgIpc) is 3.02. The highest BCUT2D eigenvalue weighted by Crippen LogP contribution is 2.34. The second-order valence-corrected chi connectivity index (χ2v) is 7.80. The van der Waals surface area contributed by atoms with Gasteiger partial charge in [0.15, 0.2) is 0 Å². The Balaban J connectivity index is 1.80. The van der Waals surface area contributed by atoms with Gasteiger partial charge in [-0.25, -0.2) is 4.79 Å². The molecule has 1 saturated heterocycles. The van der Waals surface area contributed by atoms with E-state index in [0.717, 1.165) is 11.8 Å². The quantitative estimate of drug-likeness (QED) is 0.869. The van der Waals surface area contributed by atoms with Gasteiger partial charge in [0.1, 0.15) is 11.1 Å². The minimum atomic E-state index is -0.594. The van der Waals surface area contributed by atoms with E-state index in [-0.39, 0.29) is 28.9 Å². The molecule has 2 atom stereocenters. The highest BCUT2D eigenvalue weighted by Gasteiger charge is 2.37. The largest absolute Gasteiger partial charge is 0.422 e. The van der Waals surface area contributed by atoms with Crippen LogP contribution in [0.25, 0.3) is 11.0 Å². The number of carbonyl (C=O) groups is 1. The summed E-state index contributed by atoms with van der Waals surface area (Å²) in [4.78, 5) is 24.9. The molecule has 0 spiro atoms. The van der Waals surface area contributed by atoms with Crippen LogP contribution in [-0.4, -0.2) is 25.2 Å². The van der Waals surface area contributed by atoms with Gasteiger partial charge in [-0.2, -0.15) is 0 Å². The van der Waals surface area contributed by atoms with Crippen LogP contribution in [0.4, 0.5) is 0 Å². The predicted molar refractivity (Wildman–Crippen MR) is 96.9 cm³/mol. The normalized spacial score (nSPS) is 20.8. The van der Waals surface area contributed by atoms with Crippen molar-refractivity contribution in [2.75, 3.05) is 13.2 Å². The van der Waals surface area contributed by atoms with Gasteiger partial charge >= 0.3 is 5.63 Å². The number of hydrogen-bond donors (Lipinski definition) is 1. The van der Waals surface area contributed by atoms with Crippen LogP contribution in [0.15, 0.2) is 33.5 Å². The fourth-order valence-electron chi connectivity index (χ4n) is 3.68. The molecule has 5 nitrogen and oxygen atoms in total. The zero-order chi connectivity index (χ0) is 18.2. The van der Waals surface area contributed by atoms with Gasteiger partial charge < -0.3 is 14.5 Å². The number of fused-ring (bicyclic) bond motifs is 1. The minimum Gasteiger partial charge on any atom is -0.422 e. The Kier molecular flexibility index (Phi) is 4.69. The number of aryl methyl sites for hydroxylation is 1. The topological polar surface area (TPSA) is 68.5 Å². The molecule has 1 fully saturated rings. The van der Waals surface area contributed by atoms with Crippen molar-refractivity contribution in [1.82, 2.24) is 5.32 Å². The molecule has 0 unspecified atom stereocenters. The van der Waals surface area contributed by atoms with E-state index >= 15 is 0 Å². The van der Waals surface area contributed by atoms with Gasteiger partial charge in [0.05, 0.1) is 6.10 Å². The fraction of sp³-hybridized carbons (Fsp3) is 0.500. The molecule has 134 valence electrons. The first kappa shape index (κ1) is 17.7. The van der Waals surface area contributed by atoms with Gasteiger partial charge in [0.25, 0.3) is 5.91 Å². The lowest BCUT2D eigenvalue weighted by Crippen LogP contribution is -2.39. The highest BCUT2D eigenvalue weighted by atomic mass is 16.5. The lowest BCUT2D eigenvalue weighted by Gasteiger charge is -2.31. The number of amides is 1. The summed E-state index contributed by atoms with van der Waals surface area (Å²) in [7, 11) is 0. The zero-order valence-electron chi connectivity index (χ0n) is 15.2. The Morgan fingerprint density at radius 3 is 2.72 bits per heavy atom. The highest BCUT2D eigenvalue weighted by molar-refractivity contribution is 5.99. The maximum Gasteiger partial charge on any atom is 0.349 e. The number of ether oxygens (including phenoxy) is 1. The summed E-state index contributed by atoms with van der Waals surface area (Å²) >= 11 is 0. The van der Waals surface area contributed by atoms with Crippen LogP contribution in [0, 0.1) is 18.3 Å². The molecule has 0 bridgehead atoms. The number of benzene rings is 1. The van der Waals surface area contributed by atoms with E-state index in [1.807, 2.05) is 12.1 Å². The zero-order valence-corrected chi connectivity index (χ0v) is 15.2. The molecule has 0 radical (unpaired) electrons. The number of carbonyl (C=O) groups excluding carboxylic acids is 1. The number of nitrogens with one attached hydrogen (secondary N) is 1. The third-order valence-corrected chi connectivity index (χ3v) is 4.89. The predicted octanol–water partition coefficient (Wildman–Crippen LogP) is 3.28. The third kappa shape index (κ3) is 3.47. The van der Waals surface area contributed by atoms with Crippen molar-refractivity contribution in [3.8, 4) is 0 Å². The summed E-state index contributed by atoms with van der Waals surface area (Å²) in [6.45, 7) is 9.40. The SMILES string of the molecule is Cc1c(C(=O)NC[C@H]2CCO[C@H]2C(C)(C)C)c(=O)oc2ccccc12. The average molecular weight is 343 g/mol. The molecule has 0 saturated carbocycles. The Labute approximate surface area is 147 Å². The second-order valence-electron chi connectivity index (χ2n) is 7.80. The first-order chi connectivity index (χ1) is 11.8. The Hall–Kier alpha value is -2.14. The molecule has 1 N–H and O–H groups in total. The third-order valence-electron chi connectivity index (χ3n) is 4.89. The molecule has 2 aromatic rings. The molecule has 1 aromatic carbocycles. The van der Waals surface area contributed by atoms with E-state index in [4.69, 9.17) is 9.15 Å². The molecular formula is C20H25NO4. The molecule has 1 amide bonds. The summed E-state index contributed by atoms with van der Waals surface area (Å²) in [5.74, 6) is -0.131. The lowest BCUT2D eigenvalue weighted by molar-refractivity contribution is 0.00736. The van der Waals surface area contributed by atoms with Crippen molar-refractivity contribution in [2.24, 2.45) is 11.3 Å². The smallest absolute Gasteiger partial charge is 0.349 e. The van der Waals surface area contributed by atoms with E-state index in [1.165, 1.54) is 0 Å². The molecule has 1 aromatic heterocycles. The van der Waals surface area contributed by atoms with Gasteiger partial charge in [-0.3, -0.25) is 4.79 Å². The maximum atomic E-state index is 12.6. The van der Waals surface area contributed by atoms with Crippen molar-refractivity contribution in [3.63, 3.8) is 0 Å². The van der Waals surface area contributed by atoms with Crippen LogP contribution in [0.2, 0.25) is 0 Å². The fourth-order valence-corrected chi connectivity index (χ4v) is 3.68. The summed E-state index contributed by atoms with van der Waals surface area (Å²) in [6.07, 6.45) is 1.01. The summed E-state index contributed by atoms with van der Waals surface area (Å²) < 4.78 is 11.1. The van der Waals surface area contributed by atoms with Crippen molar-refractivity contribution >= 4 is 16.9 Å². The van der Waals surface area contributed by atoms with Crippen LogP contribution < -0.4 is 10.9 Å². The molecule has 25 heavy (non-hydrogen) atoms. The van der Waals surface area contributed by atoms with Crippen molar-refractivity contribution in [3.05, 3.63) is 45.8 Å². The van der Waals surface area contributed by atoms with E-state index in [2.05, 4.69) is 26.1 Å². The van der Waals surface area contributed by atoms with E-state index in [9.17, 15) is 9.59 Å². The monoisotopic (exact) mass is 343 g/mol. The second kappa shape index (κ2) is 6.64. The number of para-hydroxylation sites is 1. The van der Waals surface area contributed by atoms with E-state index < -0.39 is 5.63 Å². The van der Waals surface area contributed by atoms with Crippen LogP contribution in [0.5, 0.6) is 0 Å². The van der Waals surface area contributed by atoms with Crippen LogP contribution in [0.3, 0.4) is 0 Å². The molecule has 5 heteroatoms. The molecular weight excluding hydrogens is 318 g/mol. The Morgan fingerprint density at radius 1 is 1.28 bits per heavy atom. The lowest BCUT2D eigenvalue weighted by atomic mass is 9.81. The first-order valence-electron chi connectivity index (χ1n) is 8.71. The molecule has 2 heterocycles. The Bertz CT molecular complexity index is 847. The molecule has 0 aliphatic carbocycles. The van der Waals surface area contributed by atoms with Gasteiger partial charge in [0.2, 0.25) is 0 Å². The van der Waals surface area contributed by atoms with Crippen molar-refractivity contribution in [1.29, 1.82) is 0 Å². The molecule has 1 aliphatic rings. The maximum absolute atomic E-state index is 12.6. The Morgan fingerprint density at radius 2 is 2.00 bits per heavy atom. The van der Waals surface area contributed by atoms with Crippen LogP contribution in [-0.2, 0) is 4.74 Å². The molecule has 1 aliphatic heterocycles. The van der Waals surface area contributed by atoms with E-state index in [1.54, 1.807) is 19.1 Å². The summed E-state index contributed by atoms with van der Waals surface area (Å²) in [6, 6.07) is 7.25. The van der Waals surface area contributed by atoms with Gasteiger partial charge in [-0.1, -0.05) is 39.0 Å². The number of rotatable bonds is 3. The summed E-state index contributed by atoms with van der Waals surface area (Å²) in [5, 5.41) is 3.69. The first-order valence-corrected chi connectivity index (χ1v) is 8.71. The molecule has 3 rings (SSSR count). The van der Waals surface area contributed by atoms with Crippen LogP contribution in [0.1, 0.15) is 43.1 Å². The van der Waals surface area contributed by atoms with Crippen molar-refractivity contribution in [2.45, 2.75) is 40.2 Å². The van der Waals surface area contributed by atoms with E-state index in [0.29, 0.717) is 24.3 Å². The van der Waals surface area contributed by atoms with Crippen LogP contribution >= 0.6 is 0 Å². The van der Waals surface area contributed by atoms with Crippen molar-refractivity contribution < 1.29 is 13.9 Å². The minimum absolute atomic E-state index is 0.0176. The summed E-state index contributed by atoms with van der Waals surface area (Å²) in [5.41, 5.74) is 0.663. The van der Waals surface area contributed by atoms with Gasteiger partial charge in [-0.15, -0.1) is 0 Å². The van der Waals surface area contributed by atoms with Gasteiger partial charge in [-0.05, 0) is 30.4 Å².